The molecule has 0 radical (unpaired) electrons. The smallest absolute Gasteiger partial charge is 0.407 e. The Morgan fingerprint density at radius 1 is 1.30 bits per heavy atom. The van der Waals surface area contributed by atoms with Gasteiger partial charge in [0.1, 0.15) is 5.60 Å². The van der Waals surface area contributed by atoms with E-state index in [1.807, 2.05) is 20.8 Å². The van der Waals surface area contributed by atoms with Gasteiger partial charge in [0, 0.05) is 25.7 Å². The summed E-state index contributed by atoms with van der Waals surface area (Å²) in [5.41, 5.74) is -0.427. The summed E-state index contributed by atoms with van der Waals surface area (Å²) in [5.74, 6) is 0.518. The van der Waals surface area contributed by atoms with E-state index in [4.69, 9.17) is 4.74 Å². The first-order valence-corrected chi connectivity index (χ1v) is 7.63. The van der Waals surface area contributed by atoms with Gasteiger partial charge < -0.3 is 20.3 Å². The minimum Gasteiger partial charge on any atom is -0.444 e. The third-order valence-electron chi connectivity index (χ3n) is 3.53. The molecule has 0 heterocycles. The molecule has 0 aliphatic heterocycles. The fraction of sp³-hybridized carbons (Fsp3) is 0.933. The molecule has 5 heteroatoms. The van der Waals surface area contributed by atoms with Crippen LogP contribution in [-0.2, 0) is 4.74 Å². The second-order valence-corrected chi connectivity index (χ2v) is 6.94. The van der Waals surface area contributed by atoms with Crippen LogP contribution in [0.5, 0.6) is 0 Å². The molecule has 0 spiro atoms. The van der Waals surface area contributed by atoms with Crippen LogP contribution in [0.15, 0.2) is 0 Å². The van der Waals surface area contributed by atoms with Gasteiger partial charge in [0.25, 0.3) is 0 Å². The number of alkyl carbamates (subject to hydrolysis) is 1. The first-order chi connectivity index (χ1) is 9.28. The summed E-state index contributed by atoms with van der Waals surface area (Å²) in [6, 6.07) is 0.518. The SMILES string of the molecule is CN(C)CCNC1CCCC1CNC(=O)OC(C)(C)C. The van der Waals surface area contributed by atoms with E-state index in [2.05, 4.69) is 29.6 Å². The Bertz CT molecular complexity index is 300. The zero-order chi connectivity index (χ0) is 15.2. The third-order valence-corrected chi connectivity index (χ3v) is 3.53. The molecule has 0 aromatic rings. The van der Waals surface area contributed by atoms with Crippen molar-refractivity contribution in [1.29, 1.82) is 0 Å². The van der Waals surface area contributed by atoms with E-state index >= 15 is 0 Å². The Labute approximate surface area is 123 Å². The van der Waals surface area contributed by atoms with Crippen molar-refractivity contribution >= 4 is 6.09 Å². The van der Waals surface area contributed by atoms with E-state index in [0.29, 0.717) is 18.5 Å². The van der Waals surface area contributed by atoms with Gasteiger partial charge >= 0.3 is 6.09 Å². The van der Waals surface area contributed by atoms with E-state index < -0.39 is 5.60 Å². The first kappa shape index (κ1) is 17.2. The quantitative estimate of drug-likeness (QED) is 0.782. The van der Waals surface area contributed by atoms with Gasteiger partial charge in [-0.2, -0.15) is 0 Å². The van der Waals surface area contributed by atoms with Crippen LogP contribution in [0.3, 0.4) is 0 Å². The van der Waals surface area contributed by atoms with Crippen LogP contribution in [-0.4, -0.2) is 56.4 Å². The molecule has 2 N–H and O–H groups in total. The van der Waals surface area contributed by atoms with Gasteiger partial charge in [0.2, 0.25) is 0 Å². The van der Waals surface area contributed by atoms with Crippen molar-refractivity contribution in [2.45, 2.75) is 51.7 Å². The summed E-state index contributed by atoms with van der Waals surface area (Å²) in [6.07, 6.45) is 3.31. The second kappa shape index (κ2) is 7.84. The fourth-order valence-electron chi connectivity index (χ4n) is 2.55. The minimum atomic E-state index is -0.427. The molecule has 1 aliphatic rings. The van der Waals surface area contributed by atoms with E-state index in [1.165, 1.54) is 19.3 Å². The number of nitrogens with zero attached hydrogens (tertiary/aromatic N) is 1. The van der Waals surface area contributed by atoms with Crippen LogP contribution in [0.25, 0.3) is 0 Å². The lowest BCUT2D eigenvalue weighted by molar-refractivity contribution is 0.0517. The standard InChI is InChI=1S/C15H31N3O2/c1-15(2,3)20-14(19)17-11-12-7-6-8-13(12)16-9-10-18(4)5/h12-13,16H,6-11H2,1-5H3,(H,17,19). The summed E-state index contributed by atoms with van der Waals surface area (Å²) in [5, 5.41) is 6.50. The predicted octanol–water partition coefficient (Wildman–Crippen LogP) is 1.83. The van der Waals surface area contributed by atoms with Gasteiger partial charge in [-0.05, 0) is 53.6 Å². The van der Waals surface area contributed by atoms with Crippen molar-refractivity contribution in [2.75, 3.05) is 33.7 Å². The molecule has 1 aliphatic carbocycles. The van der Waals surface area contributed by atoms with E-state index in [9.17, 15) is 4.79 Å². The third kappa shape index (κ3) is 7.10. The summed E-state index contributed by atoms with van der Waals surface area (Å²) >= 11 is 0. The van der Waals surface area contributed by atoms with Gasteiger partial charge in [-0.25, -0.2) is 4.79 Å². The van der Waals surface area contributed by atoms with Crippen molar-refractivity contribution in [3.8, 4) is 0 Å². The van der Waals surface area contributed by atoms with E-state index in [-0.39, 0.29) is 6.09 Å². The Kier molecular flexibility index (Phi) is 6.76. The molecule has 2 atom stereocenters. The molecule has 1 amide bonds. The number of carbonyl (C=O) groups excluding carboxylic acids is 1. The van der Waals surface area contributed by atoms with Crippen molar-refractivity contribution in [2.24, 2.45) is 5.92 Å². The van der Waals surface area contributed by atoms with Crippen molar-refractivity contribution in [3.63, 3.8) is 0 Å². The normalized spacial score (nSPS) is 23.1. The lowest BCUT2D eigenvalue weighted by atomic mass is 10.0. The molecular weight excluding hydrogens is 254 g/mol. The maximum absolute atomic E-state index is 11.7. The summed E-state index contributed by atoms with van der Waals surface area (Å²) in [6.45, 7) is 8.40. The fourth-order valence-corrected chi connectivity index (χ4v) is 2.55. The van der Waals surface area contributed by atoms with E-state index in [0.717, 1.165) is 13.1 Å². The van der Waals surface area contributed by atoms with Gasteiger partial charge in [-0.1, -0.05) is 6.42 Å². The molecule has 1 fully saturated rings. The molecular formula is C15H31N3O2. The molecule has 1 rings (SSSR count). The molecule has 0 aromatic carbocycles. The lowest BCUT2D eigenvalue weighted by Gasteiger charge is -2.24. The Morgan fingerprint density at radius 3 is 2.60 bits per heavy atom. The van der Waals surface area contributed by atoms with E-state index in [1.54, 1.807) is 0 Å². The summed E-state index contributed by atoms with van der Waals surface area (Å²) in [4.78, 5) is 13.8. The molecule has 20 heavy (non-hydrogen) atoms. The number of likely N-dealkylation sites (N-methyl/N-ethyl adjacent to an activating group) is 1. The highest BCUT2D eigenvalue weighted by molar-refractivity contribution is 5.67. The van der Waals surface area contributed by atoms with Crippen LogP contribution in [0, 0.1) is 5.92 Å². The van der Waals surface area contributed by atoms with Crippen LogP contribution in [0.4, 0.5) is 4.79 Å². The number of ether oxygens (including phenoxy) is 1. The average molecular weight is 285 g/mol. The Hall–Kier alpha value is -0.810. The van der Waals surface area contributed by atoms with Crippen LogP contribution in [0.2, 0.25) is 0 Å². The second-order valence-electron chi connectivity index (χ2n) is 6.94. The monoisotopic (exact) mass is 285 g/mol. The highest BCUT2D eigenvalue weighted by atomic mass is 16.6. The van der Waals surface area contributed by atoms with Crippen molar-refractivity contribution in [3.05, 3.63) is 0 Å². The maximum atomic E-state index is 11.7. The predicted molar refractivity (Wildman–Crippen MR) is 81.9 cm³/mol. The zero-order valence-electron chi connectivity index (χ0n) is 13.7. The Morgan fingerprint density at radius 2 is 2.00 bits per heavy atom. The minimum absolute atomic E-state index is 0.309. The molecule has 0 bridgehead atoms. The summed E-state index contributed by atoms with van der Waals surface area (Å²) in [7, 11) is 4.16. The molecule has 1 saturated carbocycles. The molecule has 0 saturated heterocycles. The van der Waals surface area contributed by atoms with Gasteiger partial charge in [0.15, 0.2) is 0 Å². The van der Waals surface area contributed by atoms with Gasteiger partial charge in [0.05, 0.1) is 0 Å². The average Bonchev–Trinajstić information content (AvgIpc) is 2.71. The number of carbonyl (C=O) groups is 1. The zero-order valence-corrected chi connectivity index (χ0v) is 13.7. The van der Waals surface area contributed by atoms with Crippen molar-refractivity contribution in [1.82, 2.24) is 15.5 Å². The first-order valence-electron chi connectivity index (χ1n) is 7.63. The molecule has 2 unspecified atom stereocenters. The van der Waals surface area contributed by atoms with Crippen LogP contribution in [0.1, 0.15) is 40.0 Å². The topological polar surface area (TPSA) is 53.6 Å². The molecule has 0 aromatic heterocycles. The number of nitrogens with one attached hydrogen (secondary N) is 2. The molecule has 118 valence electrons. The highest BCUT2D eigenvalue weighted by Gasteiger charge is 2.27. The Balaban J connectivity index is 2.26. The molecule has 5 nitrogen and oxygen atoms in total. The number of amides is 1. The van der Waals surface area contributed by atoms with Gasteiger partial charge in [-0.15, -0.1) is 0 Å². The number of hydrogen-bond acceptors (Lipinski definition) is 4. The van der Waals surface area contributed by atoms with Crippen molar-refractivity contribution < 1.29 is 9.53 Å². The highest BCUT2D eigenvalue weighted by Crippen LogP contribution is 2.25. The van der Waals surface area contributed by atoms with Gasteiger partial charge in [-0.3, -0.25) is 0 Å². The summed E-state index contributed by atoms with van der Waals surface area (Å²) < 4.78 is 5.27. The maximum Gasteiger partial charge on any atom is 0.407 e. The lowest BCUT2D eigenvalue weighted by Crippen LogP contribution is -2.42. The number of hydrogen-bond donors (Lipinski definition) is 2. The number of rotatable bonds is 6. The largest absolute Gasteiger partial charge is 0.444 e. The van der Waals surface area contributed by atoms with Crippen LogP contribution < -0.4 is 10.6 Å². The van der Waals surface area contributed by atoms with Crippen LogP contribution >= 0.6 is 0 Å².